The molecule has 0 aliphatic carbocycles. The van der Waals surface area contributed by atoms with Gasteiger partial charge in [0.15, 0.2) is 0 Å². The van der Waals surface area contributed by atoms with Crippen molar-refractivity contribution in [2.45, 2.75) is 37.6 Å². The highest BCUT2D eigenvalue weighted by Crippen LogP contribution is 2.25. The summed E-state index contributed by atoms with van der Waals surface area (Å²) >= 11 is 0. The summed E-state index contributed by atoms with van der Waals surface area (Å²) in [6.45, 7) is 5.66. The van der Waals surface area contributed by atoms with Gasteiger partial charge in [0.25, 0.3) is 10.0 Å². The van der Waals surface area contributed by atoms with Crippen LogP contribution in [0.5, 0.6) is 0 Å². The van der Waals surface area contributed by atoms with Gasteiger partial charge in [-0.05, 0) is 44.0 Å². The summed E-state index contributed by atoms with van der Waals surface area (Å²) in [5.74, 6) is 0.0698. The largest absolute Gasteiger partial charge is 0.340 e. The quantitative estimate of drug-likeness (QED) is 0.769. The van der Waals surface area contributed by atoms with Crippen LogP contribution < -0.4 is 5.73 Å². The zero-order chi connectivity index (χ0) is 16.3. The summed E-state index contributed by atoms with van der Waals surface area (Å²) in [7, 11) is -3.68. The molecule has 1 aliphatic heterocycles. The van der Waals surface area contributed by atoms with Crippen LogP contribution in [0.3, 0.4) is 0 Å². The molecule has 24 heavy (non-hydrogen) atoms. The lowest BCUT2D eigenvalue weighted by molar-refractivity contribution is 0.426. The third-order valence-electron chi connectivity index (χ3n) is 3.80. The monoisotopic (exact) mass is 396 g/mol. The molecule has 1 fully saturated rings. The molecule has 1 saturated heterocycles. The second-order valence-corrected chi connectivity index (χ2v) is 7.42. The summed E-state index contributed by atoms with van der Waals surface area (Å²) in [5.41, 5.74) is 6.52. The topological polar surface area (TPSA) is 90.5 Å². The molecule has 1 aromatic rings. The van der Waals surface area contributed by atoms with Crippen molar-refractivity contribution in [3.8, 4) is 0 Å². The molecule has 9 heteroatoms. The lowest BCUT2D eigenvalue weighted by atomic mass is 10.2. The summed E-state index contributed by atoms with van der Waals surface area (Å²) in [4.78, 5) is 2.04. The molecule has 0 spiro atoms. The Hall–Kier alpha value is -1.02. The first-order valence-electron chi connectivity index (χ1n) is 7.58. The summed E-state index contributed by atoms with van der Waals surface area (Å²) in [6.07, 6.45) is 1.61. The van der Waals surface area contributed by atoms with E-state index in [0.29, 0.717) is 19.6 Å². The number of hydrogen-bond acceptors (Lipinski definition) is 4. The Morgan fingerprint density at radius 2 is 1.83 bits per heavy atom. The number of nitrogens with zero attached hydrogens (tertiary/aromatic N) is 2. The van der Waals surface area contributed by atoms with Crippen LogP contribution in [0.1, 0.15) is 25.8 Å². The third kappa shape index (κ3) is 4.53. The molecule has 1 heterocycles. The zero-order valence-electron chi connectivity index (χ0n) is 13.9. The number of benzene rings is 1. The number of hydrogen-bond donors (Lipinski definition) is 2. The van der Waals surface area contributed by atoms with Gasteiger partial charge >= 0.3 is 0 Å². The van der Waals surface area contributed by atoms with Crippen LogP contribution >= 0.6 is 24.8 Å². The van der Waals surface area contributed by atoms with E-state index in [-0.39, 0.29) is 41.7 Å². The predicted octanol–water partition coefficient (Wildman–Crippen LogP) is 2.07. The highest BCUT2D eigenvalue weighted by molar-refractivity contribution is 7.89. The predicted molar refractivity (Wildman–Crippen MR) is 102 cm³/mol. The van der Waals surface area contributed by atoms with Gasteiger partial charge < -0.3 is 10.6 Å². The Balaban J connectivity index is 0.00000264. The Kier molecular flexibility index (Phi) is 9.06. The lowest BCUT2D eigenvalue weighted by Crippen LogP contribution is -2.39. The van der Waals surface area contributed by atoms with E-state index in [1.165, 1.54) is 4.31 Å². The van der Waals surface area contributed by atoms with Crippen LogP contribution in [-0.4, -0.2) is 49.3 Å². The van der Waals surface area contributed by atoms with E-state index in [1.807, 2.05) is 18.7 Å². The molecule has 1 unspecified atom stereocenters. The van der Waals surface area contributed by atoms with Gasteiger partial charge in [-0.15, -0.1) is 24.8 Å². The number of guanidine groups is 1. The standard InChI is InChI=1S/C15H24N4O2S.2ClH/c1-3-10-18-11-12(2)19(15(18)17)22(20,21)14-6-4-13(5-7-14)8-9-16;;/h4-7,12,17H,3,8-11,16H2,1-2H3;2*1H. The molecule has 0 bridgehead atoms. The Morgan fingerprint density at radius 3 is 2.33 bits per heavy atom. The molecule has 2 rings (SSSR count). The Bertz CT molecular complexity index is 637. The fraction of sp³-hybridized carbons (Fsp3) is 0.533. The van der Waals surface area contributed by atoms with Gasteiger partial charge in [0.2, 0.25) is 5.96 Å². The summed E-state index contributed by atoms with van der Waals surface area (Å²) in [5, 5.41) is 8.17. The molecule has 0 radical (unpaired) electrons. The fourth-order valence-electron chi connectivity index (χ4n) is 2.75. The van der Waals surface area contributed by atoms with E-state index >= 15 is 0 Å². The molecule has 1 aromatic carbocycles. The van der Waals surface area contributed by atoms with Crippen molar-refractivity contribution in [1.29, 1.82) is 5.41 Å². The van der Waals surface area contributed by atoms with E-state index in [0.717, 1.165) is 18.4 Å². The molecule has 3 N–H and O–H groups in total. The van der Waals surface area contributed by atoms with Crippen LogP contribution in [0, 0.1) is 5.41 Å². The molecular weight excluding hydrogens is 371 g/mol. The minimum atomic E-state index is -3.68. The van der Waals surface area contributed by atoms with Gasteiger partial charge in [0.05, 0.1) is 10.9 Å². The van der Waals surface area contributed by atoms with Gasteiger partial charge in [-0.2, -0.15) is 0 Å². The first-order valence-corrected chi connectivity index (χ1v) is 9.02. The Labute approximate surface area is 156 Å². The van der Waals surface area contributed by atoms with Crippen LogP contribution in [0.2, 0.25) is 0 Å². The molecule has 0 aromatic heterocycles. The molecule has 6 nitrogen and oxygen atoms in total. The van der Waals surface area contributed by atoms with Gasteiger partial charge in [0, 0.05) is 13.1 Å². The molecule has 138 valence electrons. The van der Waals surface area contributed by atoms with Crippen LogP contribution in [0.25, 0.3) is 0 Å². The average molecular weight is 397 g/mol. The fourth-order valence-corrected chi connectivity index (χ4v) is 4.34. The molecule has 0 saturated carbocycles. The van der Waals surface area contributed by atoms with Gasteiger partial charge in [-0.1, -0.05) is 19.1 Å². The number of rotatable bonds is 6. The number of halogens is 2. The van der Waals surface area contributed by atoms with Crippen molar-refractivity contribution in [1.82, 2.24) is 9.21 Å². The maximum absolute atomic E-state index is 12.8. The second-order valence-electron chi connectivity index (χ2n) is 5.60. The first kappa shape index (κ1) is 23.0. The smallest absolute Gasteiger partial charge is 0.266 e. The SMILES string of the molecule is CCCN1CC(C)N(S(=O)(=O)c2ccc(CCN)cc2)C1=N.Cl.Cl. The van der Waals surface area contributed by atoms with Gasteiger partial charge in [-0.3, -0.25) is 5.41 Å². The van der Waals surface area contributed by atoms with E-state index < -0.39 is 10.0 Å². The number of nitrogens with one attached hydrogen (secondary N) is 1. The number of sulfonamides is 1. The van der Waals surface area contributed by atoms with E-state index in [2.05, 4.69) is 0 Å². The first-order chi connectivity index (χ1) is 10.4. The normalized spacial score (nSPS) is 17.5. The van der Waals surface area contributed by atoms with Crippen molar-refractivity contribution in [3.05, 3.63) is 29.8 Å². The van der Waals surface area contributed by atoms with E-state index in [1.54, 1.807) is 24.3 Å². The second kappa shape index (κ2) is 9.46. The van der Waals surface area contributed by atoms with Crippen LogP contribution in [0.4, 0.5) is 0 Å². The van der Waals surface area contributed by atoms with Crippen molar-refractivity contribution in [2.75, 3.05) is 19.6 Å². The molecule has 1 atom stereocenters. The maximum Gasteiger partial charge on any atom is 0.266 e. The minimum absolute atomic E-state index is 0. The van der Waals surface area contributed by atoms with E-state index in [4.69, 9.17) is 11.1 Å². The van der Waals surface area contributed by atoms with Crippen LogP contribution in [0.15, 0.2) is 29.2 Å². The Morgan fingerprint density at radius 1 is 1.25 bits per heavy atom. The van der Waals surface area contributed by atoms with Crippen molar-refractivity contribution < 1.29 is 8.42 Å². The van der Waals surface area contributed by atoms with E-state index in [9.17, 15) is 8.42 Å². The van der Waals surface area contributed by atoms with Gasteiger partial charge in [0.1, 0.15) is 0 Å². The molecular formula is C15H26Cl2N4O2S. The van der Waals surface area contributed by atoms with Crippen molar-refractivity contribution in [2.24, 2.45) is 5.73 Å². The molecule has 0 amide bonds. The summed E-state index contributed by atoms with van der Waals surface area (Å²) < 4.78 is 26.8. The number of nitrogens with two attached hydrogens (primary N) is 1. The third-order valence-corrected chi connectivity index (χ3v) is 5.72. The van der Waals surface area contributed by atoms with Crippen molar-refractivity contribution in [3.63, 3.8) is 0 Å². The van der Waals surface area contributed by atoms with Gasteiger partial charge in [-0.25, -0.2) is 12.7 Å². The average Bonchev–Trinajstić information content (AvgIpc) is 2.75. The van der Waals surface area contributed by atoms with Crippen LogP contribution in [-0.2, 0) is 16.4 Å². The highest BCUT2D eigenvalue weighted by Gasteiger charge is 2.39. The molecule has 1 aliphatic rings. The van der Waals surface area contributed by atoms with Crippen molar-refractivity contribution >= 4 is 40.8 Å². The maximum atomic E-state index is 12.8. The minimum Gasteiger partial charge on any atom is -0.340 e. The lowest BCUT2D eigenvalue weighted by Gasteiger charge is -2.23. The zero-order valence-corrected chi connectivity index (χ0v) is 16.4. The highest BCUT2D eigenvalue weighted by atomic mass is 35.5. The summed E-state index contributed by atoms with van der Waals surface area (Å²) in [6, 6.07) is 6.54.